The number of halogens is 1. The van der Waals surface area contributed by atoms with Gasteiger partial charge in [-0.15, -0.1) is 0 Å². The molecular weight excluding hydrogens is 273 g/mol. The maximum atomic E-state index is 13.7. The van der Waals surface area contributed by atoms with Crippen molar-refractivity contribution >= 4 is 0 Å². The Labute approximate surface area is 124 Å². The van der Waals surface area contributed by atoms with Crippen LogP contribution in [-0.2, 0) is 4.74 Å². The van der Waals surface area contributed by atoms with Crippen LogP contribution in [0.5, 0.6) is 5.75 Å². The summed E-state index contributed by atoms with van der Waals surface area (Å²) in [5.41, 5.74) is 0.686. The molecule has 0 aliphatic carbocycles. The number of nitrogens with zero attached hydrogens (tertiary/aromatic N) is 1. The normalized spacial score (nSPS) is 15.3. The van der Waals surface area contributed by atoms with Gasteiger partial charge >= 0.3 is 0 Å². The van der Waals surface area contributed by atoms with E-state index in [-0.39, 0.29) is 18.2 Å². The molecule has 0 unspecified atom stereocenters. The first kappa shape index (κ1) is 15.8. The smallest absolute Gasteiger partial charge is 0.165 e. The van der Waals surface area contributed by atoms with E-state index >= 15 is 0 Å². The van der Waals surface area contributed by atoms with Gasteiger partial charge in [0.25, 0.3) is 0 Å². The molecule has 21 heavy (non-hydrogen) atoms. The fourth-order valence-electron chi connectivity index (χ4n) is 2.02. The summed E-state index contributed by atoms with van der Waals surface area (Å²) in [6.07, 6.45) is 0.407. The van der Waals surface area contributed by atoms with E-state index in [1.54, 1.807) is 12.1 Å². The van der Waals surface area contributed by atoms with E-state index in [1.165, 1.54) is 6.07 Å². The molecule has 0 amide bonds. The van der Waals surface area contributed by atoms with Crippen molar-refractivity contribution in [1.29, 1.82) is 0 Å². The van der Waals surface area contributed by atoms with E-state index in [4.69, 9.17) is 14.6 Å². The zero-order chi connectivity index (χ0) is 14.9. The van der Waals surface area contributed by atoms with Crippen LogP contribution in [0.15, 0.2) is 18.2 Å². The summed E-state index contributed by atoms with van der Waals surface area (Å²) in [6.45, 7) is 4.47. The molecule has 0 bridgehead atoms. The molecule has 1 aliphatic heterocycles. The average Bonchev–Trinajstić information content (AvgIpc) is 2.51. The summed E-state index contributed by atoms with van der Waals surface area (Å²) in [7, 11) is 0. The molecule has 0 radical (unpaired) electrons. The van der Waals surface area contributed by atoms with Crippen molar-refractivity contribution in [3.63, 3.8) is 0 Å². The summed E-state index contributed by atoms with van der Waals surface area (Å²) in [4.78, 5) is 2.23. The Bertz CT molecular complexity index is 504. The van der Waals surface area contributed by atoms with Gasteiger partial charge in [0.2, 0.25) is 0 Å². The highest BCUT2D eigenvalue weighted by Gasteiger charge is 2.10. The van der Waals surface area contributed by atoms with Gasteiger partial charge < -0.3 is 14.6 Å². The van der Waals surface area contributed by atoms with E-state index in [2.05, 4.69) is 16.7 Å². The molecule has 1 aliphatic rings. The second-order valence-electron chi connectivity index (χ2n) is 4.72. The Morgan fingerprint density at radius 2 is 2.14 bits per heavy atom. The van der Waals surface area contributed by atoms with Crippen molar-refractivity contribution in [3.05, 3.63) is 29.6 Å². The van der Waals surface area contributed by atoms with Gasteiger partial charge in [0.15, 0.2) is 11.6 Å². The molecule has 1 saturated heterocycles. The quantitative estimate of drug-likeness (QED) is 0.830. The van der Waals surface area contributed by atoms with Crippen LogP contribution in [0.4, 0.5) is 4.39 Å². The largest absolute Gasteiger partial charge is 0.489 e. The molecule has 0 saturated carbocycles. The molecule has 5 heteroatoms. The maximum Gasteiger partial charge on any atom is 0.165 e. The highest BCUT2D eigenvalue weighted by atomic mass is 19.1. The van der Waals surface area contributed by atoms with Gasteiger partial charge in [0, 0.05) is 31.6 Å². The third kappa shape index (κ3) is 5.35. The number of hydrogen-bond donors (Lipinski definition) is 1. The molecule has 1 N–H and O–H groups in total. The standard InChI is InChI=1S/C16H20FNO3/c17-15-5-4-14(3-1-2-9-19)13-16(15)21-12-8-18-6-10-20-11-7-18/h4-5,13,19H,2,6-12H2. The molecule has 2 rings (SSSR count). The molecule has 0 spiro atoms. The predicted octanol–water partition coefficient (Wildman–Crippen LogP) is 1.27. The predicted molar refractivity (Wildman–Crippen MR) is 77.7 cm³/mol. The van der Waals surface area contributed by atoms with Gasteiger partial charge in [-0.25, -0.2) is 4.39 Å². The first-order valence-corrected chi connectivity index (χ1v) is 7.12. The SMILES string of the molecule is OCCC#Cc1ccc(F)c(OCCN2CCOCC2)c1. The second kappa shape index (κ2) is 8.63. The summed E-state index contributed by atoms with van der Waals surface area (Å²) in [5, 5.41) is 8.68. The zero-order valence-corrected chi connectivity index (χ0v) is 12.0. The fraction of sp³-hybridized carbons (Fsp3) is 0.500. The van der Waals surface area contributed by atoms with Crippen LogP contribution < -0.4 is 4.74 Å². The third-order valence-corrected chi connectivity index (χ3v) is 3.17. The van der Waals surface area contributed by atoms with Crippen molar-refractivity contribution in [1.82, 2.24) is 4.90 Å². The lowest BCUT2D eigenvalue weighted by atomic mass is 10.2. The lowest BCUT2D eigenvalue weighted by Crippen LogP contribution is -2.38. The number of aliphatic hydroxyl groups excluding tert-OH is 1. The van der Waals surface area contributed by atoms with E-state index in [0.29, 0.717) is 18.6 Å². The Kier molecular flexibility index (Phi) is 6.48. The van der Waals surface area contributed by atoms with Gasteiger partial charge in [-0.2, -0.15) is 0 Å². The number of ether oxygens (including phenoxy) is 2. The molecule has 1 heterocycles. The van der Waals surface area contributed by atoms with Crippen molar-refractivity contribution in [2.24, 2.45) is 0 Å². The minimum atomic E-state index is -0.385. The summed E-state index contributed by atoms with van der Waals surface area (Å²) in [5.74, 6) is 5.51. The average molecular weight is 293 g/mol. The lowest BCUT2D eigenvalue weighted by Gasteiger charge is -2.26. The number of aliphatic hydroxyl groups is 1. The van der Waals surface area contributed by atoms with Crippen LogP contribution in [0.25, 0.3) is 0 Å². The van der Waals surface area contributed by atoms with Crippen LogP contribution in [0.1, 0.15) is 12.0 Å². The fourth-order valence-corrected chi connectivity index (χ4v) is 2.02. The van der Waals surface area contributed by atoms with E-state index in [0.717, 1.165) is 32.8 Å². The Hall–Kier alpha value is -1.61. The summed E-state index contributed by atoms with van der Waals surface area (Å²) in [6, 6.07) is 4.56. The molecular formula is C16H20FNO3. The molecule has 1 aromatic rings. The Balaban J connectivity index is 1.86. The van der Waals surface area contributed by atoms with Gasteiger partial charge in [-0.05, 0) is 18.2 Å². The van der Waals surface area contributed by atoms with Crippen LogP contribution in [0.2, 0.25) is 0 Å². The highest BCUT2D eigenvalue weighted by Crippen LogP contribution is 2.18. The molecule has 1 fully saturated rings. The molecule has 4 nitrogen and oxygen atoms in total. The summed E-state index contributed by atoms with van der Waals surface area (Å²) >= 11 is 0. The van der Waals surface area contributed by atoms with Crippen molar-refractivity contribution in [2.75, 3.05) is 46.1 Å². The van der Waals surface area contributed by atoms with Crippen molar-refractivity contribution < 1.29 is 19.0 Å². The minimum absolute atomic E-state index is 0.0249. The van der Waals surface area contributed by atoms with Gasteiger partial charge in [-0.1, -0.05) is 11.8 Å². The molecule has 114 valence electrons. The van der Waals surface area contributed by atoms with Crippen LogP contribution in [0.3, 0.4) is 0 Å². The minimum Gasteiger partial charge on any atom is -0.489 e. The lowest BCUT2D eigenvalue weighted by molar-refractivity contribution is 0.0320. The Morgan fingerprint density at radius 3 is 2.90 bits per heavy atom. The van der Waals surface area contributed by atoms with Gasteiger partial charge in [-0.3, -0.25) is 4.90 Å². The molecule has 1 aromatic carbocycles. The van der Waals surface area contributed by atoms with E-state index in [1.807, 2.05) is 0 Å². The van der Waals surface area contributed by atoms with E-state index in [9.17, 15) is 4.39 Å². The number of rotatable bonds is 5. The second-order valence-corrected chi connectivity index (χ2v) is 4.72. The third-order valence-electron chi connectivity index (χ3n) is 3.17. The van der Waals surface area contributed by atoms with Gasteiger partial charge in [0.1, 0.15) is 6.61 Å². The molecule has 0 aromatic heterocycles. The molecule has 0 atom stereocenters. The van der Waals surface area contributed by atoms with E-state index < -0.39 is 0 Å². The van der Waals surface area contributed by atoms with Crippen molar-refractivity contribution in [2.45, 2.75) is 6.42 Å². The highest BCUT2D eigenvalue weighted by molar-refractivity contribution is 5.40. The number of morpholine rings is 1. The zero-order valence-electron chi connectivity index (χ0n) is 12.0. The number of benzene rings is 1. The van der Waals surface area contributed by atoms with Crippen LogP contribution in [0, 0.1) is 17.7 Å². The van der Waals surface area contributed by atoms with Crippen molar-refractivity contribution in [3.8, 4) is 17.6 Å². The monoisotopic (exact) mass is 293 g/mol. The summed E-state index contributed by atoms with van der Waals surface area (Å²) < 4.78 is 24.5. The maximum absolute atomic E-state index is 13.7. The number of hydrogen-bond acceptors (Lipinski definition) is 4. The first-order valence-electron chi connectivity index (χ1n) is 7.12. The Morgan fingerprint density at radius 1 is 1.33 bits per heavy atom. The van der Waals surface area contributed by atoms with Crippen LogP contribution >= 0.6 is 0 Å². The van der Waals surface area contributed by atoms with Crippen LogP contribution in [-0.4, -0.2) is 56.1 Å². The first-order chi connectivity index (χ1) is 10.3. The van der Waals surface area contributed by atoms with Gasteiger partial charge in [0.05, 0.1) is 19.8 Å². The topological polar surface area (TPSA) is 41.9 Å².